The van der Waals surface area contributed by atoms with Crippen molar-refractivity contribution < 1.29 is 32.3 Å². The summed E-state index contributed by atoms with van der Waals surface area (Å²) < 4.78 is 39.3. The number of nitrogens with one attached hydrogen (secondary N) is 1. The lowest BCUT2D eigenvalue weighted by Crippen LogP contribution is -2.33. The molecule has 0 aromatic heterocycles. The summed E-state index contributed by atoms with van der Waals surface area (Å²) in [7, 11) is -3.99. The lowest BCUT2D eigenvalue weighted by molar-refractivity contribution is -0.118. The van der Waals surface area contributed by atoms with Gasteiger partial charge in [-0.1, -0.05) is 60.7 Å². The third-order valence-corrected chi connectivity index (χ3v) is 8.22. The van der Waals surface area contributed by atoms with Gasteiger partial charge >= 0.3 is 0 Å². The molecule has 1 N–H and O–H groups in total. The quantitative estimate of drug-likeness (QED) is 0.262. The molecule has 5 rings (SSSR count). The molecule has 1 heterocycles. The van der Waals surface area contributed by atoms with Crippen molar-refractivity contribution in [2.45, 2.75) is 32.9 Å². The fraction of sp³-hybridized carbons (Fsp3) is 0.219. The van der Waals surface area contributed by atoms with E-state index in [0.717, 1.165) is 16.0 Å². The van der Waals surface area contributed by atoms with Crippen LogP contribution < -0.4 is 19.1 Å². The Kier molecular flexibility index (Phi) is 8.00. The molecule has 0 atom stereocenters. The summed E-state index contributed by atoms with van der Waals surface area (Å²) in [5.41, 5.74) is 2.54. The highest BCUT2D eigenvalue weighted by Gasteiger charge is 2.43. The molecule has 0 fully saturated rings. The zero-order chi connectivity index (χ0) is 30.0. The van der Waals surface area contributed by atoms with Crippen LogP contribution >= 0.6 is 0 Å². The number of aryl methyl sites for hydroxylation is 1. The van der Waals surface area contributed by atoms with Gasteiger partial charge in [-0.25, -0.2) is 13.3 Å². The van der Waals surface area contributed by atoms with E-state index in [9.17, 15) is 22.8 Å². The molecule has 9 nitrogen and oxygen atoms in total. The van der Waals surface area contributed by atoms with Crippen LogP contribution in [0.2, 0.25) is 0 Å². The molecule has 0 saturated carbocycles. The first-order chi connectivity index (χ1) is 20.1. The molecule has 10 heteroatoms. The molecule has 4 aromatic rings. The Morgan fingerprint density at radius 2 is 1.31 bits per heavy atom. The van der Waals surface area contributed by atoms with E-state index in [1.807, 2.05) is 43.3 Å². The molecule has 42 heavy (non-hydrogen) atoms. The molecule has 0 unspecified atom stereocenters. The number of fused-ring (bicyclic) bond motifs is 2. The maximum Gasteiger partial charge on any atom is 0.270 e. The number of sulfonamides is 1. The summed E-state index contributed by atoms with van der Waals surface area (Å²) in [6.45, 7) is 6.03. The van der Waals surface area contributed by atoms with Crippen molar-refractivity contribution in [2.24, 2.45) is 0 Å². The van der Waals surface area contributed by atoms with E-state index in [2.05, 4.69) is 4.72 Å². The molecule has 3 amide bonds. The monoisotopic (exact) mass is 586 g/mol. The van der Waals surface area contributed by atoms with Crippen molar-refractivity contribution in [3.05, 3.63) is 101 Å². The van der Waals surface area contributed by atoms with Crippen molar-refractivity contribution in [1.29, 1.82) is 0 Å². The number of hydrogen-bond acceptors (Lipinski definition) is 7. The molecule has 0 radical (unpaired) electrons. The molecule has 216 valence electrons. The normalized spacial score (nSPS) is 12.9. The molecule has 0 saturated heterocycles. The van der Waals surface area contributed by atoms with Crippen molar-refractivity contribution in [2.75, 3.05) is 18.1 Å². The average Bonchev–Trinajstić information content (AvgIpc) is 3.21. The van der Waals surface area contributed by atoms with E-state index in [-0.39, 0.29) is 36.4 Å². The number of anilines is 1. The van der Waals surface area contributed by atoms with Gasteiger partial charge in [-0.2, -0.15) is 0 Å². The lowest BCUT2D eigenvalue weighted by Gasteiger charge is -2.15. The number of nitrogens with zero attached hydrogens (tertiary/aromatic N) is 1. The molecule has 0 bridgehead atoms. The zero-order valence-corrected chi connectivity index (χ0v) is 24.3. The van der Waals surface area contributed by atoms with Crippen LogP contribution in [0.3, 0.4) is 0 Å². The Hall–Kier alpha value is -4.70. The first-order valence-corrected chi connectivity index (χ1v) is 15.2. The lowest BCUT2D eigenvalue weighted by atomic mass is 9.99. The Labute approximate surface area is 244 Å². The smallest absolute Gasteiger partial charge is 0.270 e. The fourth-order valence-corrected chi connectivity index (χ4v) is 6.23. The van der Waals surface area contributed by atoms with Crippen LogP contribution in [0, 0.1) is 6.92 Å². The van der Waals surface area contributed by atoms with Crippen LogP contribution in [0.4, 0.5) is 5.69 Å². The van der Waals surface area contributed by atoms with E-state index in [4.69, 9.17) is 9.47 Å². The zero-order valence-electron chi connectivity index (χ0n) is 23.5. The molecule has 0 spiro atoms. The van der Waals surface area contributed by atoms with Gasteiger partial charge in [-0.3, -0.25) is 19.1 Å². The number of amides is 3. The van der Waals surface area contributed by atoms with Crippen molar-refractivity contribution in [3.8, 4) is 11.5 Å². The number of ether oxygens (including phenoxy) is 2. The number of benzene rings is 4. The van der Waals surface area contributed by atoms with Crippen LogP contribution in [-0.4, -0.2) is 39.4 Å². The van der Waals surface area contributed by atoms with Crippen molar-refractivity contribution in [1.82, 2.24) is 4.72 Å². The van der Waals surface area contributed by atoms with Gasteiger partial charge in [-0.05, 0) is 49.6 Å². The highest BCUT2D eigenvalue weighted by Crippen LogP contribution is 2.46. The predicted octanol–water partition coefficient (Wildman–Crippen LogP) is 4.93. The Balaban J connectivity index is 1.40. The number of rotatable bonds is 10. The minimum atomic E-state index is -3.99. The Morgan fingerprint density at radius 3 is 1.83 bits per heavy atom. The second kappa shape index (κ2) is 11.7. The van der Waals surface area contributed by atoms with Crippen LogP contribution in [0.15, 0.2) is 72.8 Å². The third kappa shape index (κ3) is 5.45. The topological polar surface area (TPSA) is 119 Å². The van der Waals surface area contributed by atoms with E-state index in [0.29, 0.717) is 27.8 Å². The maximum absolute atomic E-state index is 13.7. The van der Waals surface area contributed by atoms with Crippen LogP contribution in [0.5, 0.6) is 11.5 Å². The number of carbonyl (C=O) groups is 3. The number of carbonyl (C=O) groups excluding carboxylic acids is 3. The molecule has 1 aliphatic rings. The summed E-state index contributed by atoms with van der Waals surface area (Å²) in [6.07, 6.45) is -0.0624. The van der Waals surface area contributed by atoms with E-state index in [1.165, 1.54) is 24.3 Å². The largest absolute Gasteiger partial charge is 0.492 e. The minimum absolute atomic E-state index is 0.0624. The van der Waals surface area contributed by atoms with Gasteiger partial charge in [0, 0.05) is 10.8 Å². The van der Waals surface area contributed by atoms with Gasteiger partial charge in [0.15, 0.2) is 0 Å². The standard InChI is InChI=1S/C32H30N2O7S/c1-4-40-29-24-12-8-9-13-25(24)30(41-5-2)28-27(29)31(36)34(32(28)37)23-16-14-21(15-17-23)19-42(38,39)33-26(35)18-22-11-7-6-10-20(22)3/h6-17H,4-5,18-19H2,1-3H3,(H,33,35). The Bertz CT molecular complexity index is 1750. The van der Waals surface area contributed by atoms with Gasteiger partial charge in [-0.15, -0.1) is 0 Å². The van der Waals surface area contributed by atoms with Crippen LogP contribution in [0.25, 0.3) is 10.8 Å². The summed E-state index contributed by atoms with van der Waals surface area (Å²) in [5.74, 6) is -1.57. The van der Waals surface area contributed by atoms with E-state index < -0.39 is 33.5 Å². The van der Waals surface area contributed by atoms with Crippen LogP contribution in [-0.2, 0) is 27.0 Å². The summed E-state index contributed by atoms with van der Waals surface area (Å²) >= 11 is 0. The summed E-state index contributed by atoms with van der Waals surface area (Å²) in [5, 5.41) is 1.32. The molecule has 4 aromatic carbocycles. The van der Waals surface area contributed by atoms with Crippen LogP contribution in [0.1, 0.15) is 51.3 Å². The fourth-order valence-electron chi connectivity index (χ4n) is 5.11. The number of hydrogen-bond donors (Lipinski definition) is 1. The second-order valence-corrected chi connectivity index (χ2v) is 11.5. The highest BCUT2D eigenvalue weighted by atomic mass is 32.2. The van der Waals surface area contributed by atoms with Gasteiger partial charge in [0.2, 0.25) is 15.9 Å². The maximum atomic E-state index is 13.7. The Morgan fingerprint density at radius 1 is 0.786 bits per heavy atom. The van der Waals surface area contributed by atoms with Gasteiger partial charge in [0.25, 0.3) is 11.8 Å². The van der Waals surface area contributed by atoms with E-state index >= 15 is 0 Å². The number of imide groups is 1. The third-order valence-electron chi connectivity index (χ3n) is 6.96. The molecule has 0 aliphatic carbocycles. The van der Waals surface area contributed by atoms with Gasteiger partial charge < -0.3 is 9.47 Å². The molecule has 1 aliphatic heterocycles. The van der Waals surface area contributed by atoms with Gasteiger partial charge in [0.1, 0.15) is 11.5 Å². The first kappa shape index (κ1) is 28.8. The SMILES string of the molecule is CCOc1c2c(c(OCC)c3ccccc13)C(=O)N(c1ccc(CS(=O)(=O)NC(=O)Cc3ccccc3C)cc1)C2=O. The summed E-state index contributed by atoms with van der Waals surface area (Å²) in [6, 6.07) is 20.6. The predicted molar refractivity (Wildman–Crippen MR) is 160 cm³/mol. The van der Waals surface area contributed by atoms with E-state index in [1.54, 1.807) is 26.0 Å². The molecular formula is C32H30N2O7S. The average molecular weight is 587 g/mol. The van der Waals surface area contributed by atoms with Crippen molar-refractivity contribution in [3.63, 3.8) is 0 Å². The van der Waals surface area contributed by atoms with Gasteiger partial charge in [0.05, 0.1) is 42.2 Å². The minimum Gasteiger partial charge on any atom is -0.492 e. The van der Waals surface area contributed by atoms with Crippen molar-refractivity contribution >= 4 is 44.2 Å². The second-order valence-electron chi connectivity index (χ2n) is 9.82. The molecular weight excluding hydrogens is 556 g/mol. The highest BCUT2D eigenvalue weighted by molar-refractivity contribution is 7.89. The first-order valence-electron chi connectivity index (χ1n) is 13.5. The summed E-state index contributed by atoms with van der Waals surface area (Å²) in [4.78, 5) is 40.9.